The Hall–Kier alpha value is -2.13. The Labute approximate surface area is 108 Å². The van der Waals surface area contributed by atoms with Crippen molar-refractivity contribution in [2.75, 3.05) is 0 Å². The zero-order valence-corrected chi connectivity index (χ0v) is 10.1. The molecular formula is C14H9ClN2O. The predicted octanol–water partition coefficient (Wildman–Crippen LogP) is 3.45. The quantitative estimate of drug-likeness (QED) is 0.714. The van der Waals surface area contributed by atoms with E-state index in [0.717, 1.165) is 5.39 Å². The Balaban J connectivity index is 2.15. The van der Waals surface area contributed by atoms with E-state index < -0.39 is 0 Å². The average Bonchev–Trinajstić information content (AvgIpc) is 2.89. The first-order valence-corrected chi connectivity index (χ1v) is 5.86. The van der Waals surface area contributed by atoms with Crippen LogP contribution in [-0.2, 0) is 0 Å². The van der Waals surface area contributed by atoms with Gasteiger partial charge in [-0.3, -0.25) is 4.79 Å². The van der Waals surface area contributed by atoms with E-state index in [-0.39, 0.29) is 5.78 Å². The van der Waals surface area contributed by atoms with Crippen molar-refractivity contribution < 1.29 is 4.79 Å². The highest BCUT2D eigenvalue weighted by Crippen LogP contribution is 2.26. The zero-order chi connectivity index (χ0) is 12.5. The molecule has 0 spiro atoms. The highest BCUT2D eigenvalue weighted by molar-refractivity contribution is 6.39. The standard InChI is InChI=1S/C14H9ClN2O/c15-12-10-6-7-16-14(10)17-8-11(12)13(18)9-4-2-1-3-5-9/h1-8H,(H,16,17). The molecule has 0 atom stereocenters. The number of hydrogen-bond donors (Lipinski definition) is 1. The zero-order valence-electron chi connectivity index (χ0n) is 9.35. The first-order chi connectivity index (χ1) is 8.77. The van der Waals surface area contributed by atoms with Crippen LogP contribution in [0.15, 0.2) is 48.8 Å². The molecule has 1 N–H and O–H groups in total. The van der Waals surface area contributed by atoms with Gasteiger partial charge in [-0.25, -0.2) is 4.98 Å². The summed E-state index contributed by atoms with van der Waals surface area (Å²) in [4.78, 5) is 19.4. The number of H-pyrrole nitrogens is 1. The number of aromatic amines is 1. The van der Waals surface area contributed by atoms with Gasteiger partial charge in [0.05, 0.1) is 10.6 Å². The van der Waals surface area contributed by atoms with Gasteiger partial charge in [0, 0.05) is 23.3 Å². The van der Waals surface area contributed by atoms with E-state index in [4.69, 9.17) is 11.6 Å². The van der Waals surface area contributed by atoms with E-state index in [1.54, 1.807) is 18.3 Å². The summed E-state index contributed by atoms with van der Waals surface area (Å²) in [6, 6.07) is 10.9. The number of pyridine rings is 1. The van der Waals surface area contributed by atoms with Crippen LogP contribution < -0.4 is 0 Å². The molecule has 0 aliphatic rings. The minimum absolute atomic E-state index is 0.115. The molecule has 0 amide bonds. The molecule has 88 valence electrons. The summed E-state index contributed by atoms with van der Waals surface area (Å²) in [5.41, 5.74) is 1.72. The van der Waals surface area contributed by atoms with Crippen LogP contribution in [0.5, 0.6) is 0 Å². The average molecular weight is 257 g/mol. The maximum absolute atomic E-state index is 12.3. The van der Waals surface area contributed by atoms with Gasteiger partial charge >= 0.3 is 0 Å². The lowest BCUT2D eigenvalue weighted by atomic mass is 10.0. The van der Waals surface area contributed by atoms with Crippen LogP contribution in [0.1, 0.15) is 15.9 Å². The summed E-state index contributed by atoms with van der Waals surface area (Å²) < 4.78 is 0. The van der Waals surface area contributed by atoms with Crippen LogP contribution in [0.4, 0.5) is 0 Å². The van der Waals surface area contributed by atoms with Crippen molar-refractivity contribution in [2.24, 2.45) is 0 Å². The third-order valence-corrected chi connectivity index (χ3v) is 3.21. The Bertz CT molecular complexity index is 719. The molecule has 3 rings (SSSR count). The number of aromatic nitrogens is 2. The number of carbonyl (C=O) groups is 1. The molecule has 0 radical (unpaired) electrons. The lowest BCUT2D eigenvalue weighted by Crippen LogP contribution is -2.02. The minimum Gasteiger partial charge on any atom is -0.346 e. The molecule has 2 aromatic heterocycles. The Kier molecular flexibility index (Phi) is 2.61. The molecule has 0 bridgehead atoms. The van der Waals surface area contributed by atoms with Gasteiger partial charge < -0.3 is 4.98 Å². The van der Waals surface area contributed by atoms with Crippen LogP contribution in [0.25, 0.3) is 11.0 Å². The molecule has 4 heteroatoms. The summed E-state index contributed by atoms with van der Waals surface area (Å²) in [5.74, 6) is -0.115. The molecule has 3 aromatic rings. The van der Waals surface area contributed by atoms with Crippen LogP contribution in [0.3, 0.4) is 0 Å². The molecule has 0 saturated heterocycles. The molecular weight excluding hydrogens is 248 g/mol. The topological polar surface area (TPSA) is 45.8 Å². The van der Waals surface area contributed by atoms with Crippen molar-refractivity contribution in [1.82, 2.24) is 9.97 Å². The van der Waals surface area contributed by atoms with Gasteiger partial charge in [-0.05, 0) is 6.07 Å². The number of carbonyl (C=O) groups excluding carboxylic acids is 1. The van der Waals surface area contributed by atoms with Crippen molar-refractivity contribution in [3.63, 3.8) is 0 Å². The van der Waals surface area contributed by atoms with Crippen LogP contribution in [0, 0.1) is 0 Å². The van der Waals surface area contributed by atoms with E-state index >= 15 is 0 Å². The molecule has 0 unspecified atom stereocenters. The van der Waals surface area contributed by atoms with Gasteiger partial charge in [0.1, 0.15) is 5.65 Å². The van der Waals surface area contributed by atoms with Gasteiger partial charge in [-0.2, -0.15) is 0 Å². The summed E-state index contributed by atoms with van der Waals surface area (Å²) in [7, 11) is 0. The summed E-state index contributed by atoms with van der Waals surface area (Å²) >= 11 is 6.25. The Morgan fingerprint density at radius 2 is 1.94 bits per heavy atom. The van der Waals surface area contributed by atoms with E-state index in [9.17, 15) is 4.79 Å². The smallest absolute Gasteiger partial charge is 0.196 e. The monoisotopic (exact) mass is 256 g/mol. The van der Waals surface area contributed by atoms with Gasteiger partial charge in [-0.15, -0.1) is 0 Å². The molecule has 18 heavy (non-hydrogen) atoms. The summed E-state index contributed by atoms with van der Waals surface area (Å²) in [6.45, 7) is 0. The maximum Gasteiger partial charge on any atom is 0.196 e. The highest BCUT2D eigenvalue weighted by Gasteiger charge is 2.15. The third kappa shape index (κ3) is 1.69. The van der Waals surface area contributed by atoms with Crippen molar-refractivity contribution in [1.29, 1.82) is 0 Å². The van der Waals surface area contributed by atoms with Gasteiger partial charge in [0.15, 0.2) is 5.78 Å². The normalized spacial score (nSPS) is 10.7. The van der Waals surface area contributed by atoms with Crippen LogP contribution >= 0.6 is 11.6 Å². The fourth-order valence-corrected chi connectivity index (χ4v) is 2.17. The first-order valence-electron chi connectivity index (χ1n) is 5.48. The van der Waals surface area contributed by atoms with E-state index in [1.807, 2.05) is 24.3 Å². The van der Waals surface area contributed by atoms with E-state index in [0.29, 0.717) is 21.8 Å². The predicted molar refractivity (Wildman–Crippen MR) is 71.0 cm³/mol. The number of ketones is 1. The molecule has 2 heterocycles. The molecule has 3 nitrogen and oxygen atoms in total. The fourth-order valence-electron chi connectivity index (χ4n) is 1.88. The Morgan fingerprint density at radius 3 is 2.72 bits per heavy atom. The van der Waals surface area contributed by atoms with Crippen molar-refractivity contribution in [2.45, 2.75) is 0 Å². The van der Waals surface area contributed by atoms with Crippen LogP contribution in [0.2, 0.25) is 5.02 Å². The number of rotatable bonds is 2. The second-order valence-electron chi connectivity index (χ2n) is 3.92. The molecule has 1 aromatic carbocycles. The number of benzene rings is 1. The van der Waals surface area contributed by atoms with Gasteiger partial charge in [-0.1, -0.05) is 41.9 Å². The fraction of sp³-hybridized carbons (Fsp3) is 0. The largest absolute Gasteiger partial charge is 0.346 e. The SMILES string of the molecule is O=C(c1ccccc1)c1cnc2[nH]ccc2c1Cl. The molecule has 0 fully saturated rings. The second-order valence-corrected chi connectivity index (χ2v) is 4.30. The number of nitrogens with one attached hydrogen (secondary N) is 1. The number of hydrogen-bond acceptors (Lipinski definition) is 2. The second kappa shape index (κ2) is 4.27. The summed E-state index contributed by atoms with van der Waals surface area (Å²) in [6.07, 6.45) is 3.26. The molecule has 0 saturated carbocycles. The maximum atomic E-state index is 12.3. The van der Waals surface area contributed by atoms with Crippen molar-refractivity contribution in [3.05, 3.63) is 64.9 Å². The highest BCUT2D eigenvalue weighted by atomic mass is 35.5. The lowest BCUT2D eigenvalue weighted by Gasteiger charge is -2.04. The number of halogens is 1. The summed E-state index contributed by atoms with van der Waals surface area (Å²) in [5, 5.41) is 1.20. The third-order valence-electron chi connectivity index (χ3n) is 2.80. The van der Waals surface area contributed by atoms with Gasteiger partial charge in [0.2, 0.25) is 0 Å². The lowest BCUT2D eigenvalue weighted by molar-refractivity contribution is 0.103. The Morgan fingerprint density at radius 1 is 1.17 bits per heavy atom. The van der Waals surface area contributed by atoms with E-state index in [2.05, 4.69) is 9.97 Å². The first kappa shape index (κ1) is 11.0. The van der Waals surface area contributed by atoms with Gasteiger partial charge in [0.25, 0.3) is 0 Å². The molecule has 0 aliphatic heterocycles. The van der Waals surface area contributed by atoms with E-state index in [1.165, 1.54) is 6.20 Å². The number of nitrogens with zero attached hydrogens (tertiary/aromatic N) is 1. The minimum atomic E-state index is -0.115. The van der Waals surface area contributed by atoms with Crippen LogP contribution in [-0.4, -0.2) is 15.8 Å². The molecule has 0 aliphatic carbocycles. The number of fused-ring (bicyclic) bond motifs is 1. The van der Waals surface area contributed by atoms with Crippen molar-refractivity contribution in [3.8, 4) is 0 Å². The van der Waals surface area contributed by atoms with Crippen molar-refractivity contribution >= 4 is 28.4 Å².